The van der Waals surface area contributed by atoms with Gasteiger partial charge in [0.05, 0.1) is 13.0 Å². The minimum absolute atomic E-state index is 0.238. The molecule has 0 saturated heterocycles. The molecule has 1 aromatic carbocycles. The summed E-state index contributed by atoms with van der Waals surface area (Å²) in [6.07, 6.45) is 2.53. The van der Waals surface area contributed by atoms with Gasteiger partial charge in [0.25, 0.3) is 0 Å². The second kappa shape index (κ2) is 8.82. The molecule has 0 bridgehead atoms. The van der Waals surface area contributed by atoms with E-state index < -0.39 is 10.8 Å². The molecule has 0 saturated carbocycles. The lowest BCUT2D eigenvalue weighted by Crippen LogP contribution is -2.29. The van der Waals surface area contributed by atoms with E-state index in [1.807, 2.05) is 30.3 Å². The number of carbonyl (C=O) groups excluding carboxylic acids is 1. The Hall–Kier alpha value is -1.20. The highest BCUT2D eigenvalue weighted by molar-refractivity contribution is 7.84. The van der Waals surface area contributed by atoms with Crippen molar-refractivity contribution in [2.45, 2.75) is 12.3 Å². The van der Waals surface area contributed by atoms with E-state index in [9.17, 15) is 9.00 Å². The number of ether oxygens (including phenoxy) is 1. The first-order valence-corrected chi connectivity index (χ1v) is 8.01. The number of benzene rings is 1. The largest absolute Gasteiger partial charge is 0.469 e. The minimum atomic E-state index is -0.758. The van der Waals surface area contributed by atoms with Gasteiger partial charge in [-0.25, -0.2) is 0 Å². The van der Waals surface area contributed by atoms with Crippen molar-refractivity contribution in [1.82, 2.24) is 5.32 Å². The summed E-state index contributed by atoms with van der Waals surface area (Å²) in [5, 5.41) is 3.22. The van der Waals surface area contributed by atoms with Crippen LogP contribution in [0.5, 0.6) is 0 Å². The number of methoxy groups -OCH3 is 1. The number of esters is 1. The van der Waals surface area contributed by atoms with Gasteiger partial charge < -0.3 is 10.1 Å². The zero-order valence-electron chi connectivity index (χ0n) is 11.4. The van der Waals surface area contributed by atoms with E-state index in [2.05, 4.69) is 5.32 Å². The van der Waals surface area contributed by atoms with Gasteiger partial charge in [-0.05, 0) is 18.5 Å². The van der Waals surface area contributed by atoms with Gasteiger partial charge in [-0.15, -0.1) is 0 Å². The third-order valence-corrected chi connectivity index (χ3v) is 3.69. The predicted molar refractivity (Wildman–Crippen MR) is 77.6 cm³/mol. The smallest absolute Gasteiger partial charge is 0.314 e. The third-order valence-electron chi connectivity index (χ3n) is 2.82. The lowest BCUT2D eigenvalue weighted by atomic mass is 9.99. The Morgan fingerprint density at radius 2 is 2.05 bits per heavy atom. The first-order chi connectivity index (χ1) is 9.15. The van der Waals surface area contributed by atoms with Crippen LogP contribution < -0.4 is 5.32 Å². The van der Waals surface area contributed by atoms with Crippen LogP contribution in [0.1, 0.15) is 17.9 Å². The number of hydrogen-bond donors (Lipinski definition) is 1. The van der Waals surface area contributed by atoms with Gasteiger partial charge >= 0.3 is 5.97 Å². The molecule has 1 N–H and O–H groups in total. The topological polar surface area (TPSA) is 55.4 Å². The average molecular weight is 283 g/mol. The van der Waals surface area contributed by atoms with Crippen molar-refractivity contribution in [3.05, 3.63) is 35.9 Å². The molecular formula is C14H21NO3S. The number of rotatable bonds is 8. The Bertz CT molecular complexity index is 408. The Balaban J connectivity index is 2.48. The first-order valence-electron chi connectivity index (χ1n) is 6.28. The summed E-state index contributed by atoms with van der Waals surface area (Å²) < 4.78 is 15.8. The van der Waals surface area contributed by atoms with E-state index in [-0.39, 0.29) is 11.9 Å². The van der Waals surface area contributed by atoms with E-state index in [1.54, 1.807) is 6.26 Å². The van der Waals surface area contributed by atoms with Gasteiger partial charge in [-0.3, -0.25) is 9.00 Å². The zero-order chi connectivity index (χ0) is 14.1. The molecule has 19 heavy (non-hydrogen) atoms. The maximum absolute atomic E-state index is 11.8. The molecule has 2 unspecified atom stereocenters. The number of nitrogens with one attached hydrogen (secondary N) is 1. The van der Waals surface area contributed by atoms with Crippen molar-refractivity contribution in [2.24, 2.45) is 0 Å². The van der Waals surface area contributed by atoms with Crippen LogP contribution in [0.4, 0.5) is 0 Å². The van der Waals surface area contributed by atoms with Crippen LogP contribution in [0.2, 0.25) is 0 Å². The van der Waals surface area contributed by atoms with Crippen LogP contribution in [0, 0.1) is 0 Å². The number of carbonyl (C=O) groups is 1. The average Bonchev–Trinajstić information content (AvgIpc) is 2.42. The van der Waals surface area contributed by atoms with Crippen LogP contribution in [0.25, 0.3) is 0 Å². The second-order valence-corrected chi connectivity index (χ2v) is 5.88. The maximum Gasteiger partial charge on any atom is 0.314 e. The normalized spacial score (nSPS) is 13.8. The minimum Gasteiger partial charge on any atom is -0.469 e. The molecule has 0 fully saturated rings. The van der Waals surface area contributed by atoms with Crippen molar-refractivity contribution in [1.29, 1.82) is 0 Å². The monoisotopic (exact) mass is 283 g/mol. The summed E-state index contributed by atoms with van der Waals surface area (Å²) >= 11 is 0. The maximum atomic E-state index is 11.8. The van der Waals surface area contributed by atoms with Crippen molar-refractivity contribution in [3.8, 4) is 0 Å². The highest BCUT2D eigenvalue weighted by Crippen LogP contribution is 2.16. The molecule has 1 rings (SSSR count). The molecule has 0 aliphatic carbocycles. The highest BCUT2D eigenvalue weighted by atomic mass is 32.2. The molecule has 1 aromatic rings. The fourth-order valence-corrected chi connectivity index (χ4v) is 2.36. The van der Waals surface area contributed by atoms with Gasteiger partial charge in [0.1, 0.15) is 0 Å². The van der Waals surface area contributed by atoms with Gasteiger partial charge in [-0.1, -0.05) is 30.3 Å². The van der Waals surface area contributed by atoms with Crippen LogP contribution in [-0.4, -0.2) is 42.4 Å². The second-order valence-electron chi connectivity index (χ2n) is 4.32. The Morgan fingerprint density at radius 1 is 1.37 bits per heavy atom. The van der Waals surface area contributed by atoms with Crippen LogP contribution in [0.15, 0.2) is 30.3 Å². The molecule has 0 aromatic heterocycles. The zero-order valence-corrected chi connectivity index (χ0v) is 12.2. The van der Waals surface area contributed by atoms with Crippen molar-refractivity contribution < 1.29 is 13.7 Å². The van der Waals surface area contributed by atoms with E-state index >= 15 is 0 Å². The summed E-state index contributed by atoms with van der Waals surface area (Å²) in [7, 11) is 0.644. The van der Waals surface area contributed by atoms with Gasteiger partial charge in [-0.2, -0.15) is 0 Å². The Morgan fingerprint density at radius 3 is 2.63 bits per heavy atom. The quantitative estimate of drug-likeness (QED) is 0.577. The van der Waals surface area contributed by atoms with Crippen LogP contribution in [-0.2, 0) is 20.3 Å². The summed E-state index contributed by atoms with van der Waals surface area (Å²) in [5.74, 6) is 0.150. The molecule has 4 nitrogen and oxygen atoms in total. The third kappa shape index (κ3) is 5.98. The molecule has 0 spiro atoms. The SMILES string of the molecule is COC(=O)C(CNCCCS(C)=O)c1ccccc1. The summed E-state index contributed by atoms with van der Waals surface area (Å²) in [6, 6.07) is 9.58. The fraction of sp³-hybridized carbons (Fsp3) is 0.500. The molecule has 0 radical (unpaired) electrons. The van der Waals surface area contributed by atoms with Crippen LogP contribution >= 0.6 is 0 Å². The lowest BCUT2D eigenvalue weighted by molar-refractivity contribution is -0.142. The van der Waals surface area contributed by atoms with E-state index in [0.29, 0.717) is 12.3 Å². The summed E-state index contributed by atoms with van der Waals surface area (Å²) in [6.45, 7) is 1.28. The molecule has 0 heterocycles. The standard InChI is InChI=1S/C14H21NO3S/c1-18-14(16)13(12-7-4-3-5-8-12)11-15-9-6-10-19(2)17/h3-5,7-8,13,15H,6,9-11H2,1-2H3. The van der Waals surface area contributed by atoms with Gasteiger partial charge in [0.2, 0.25) is 0 Å². The summed E-state index contributed by atoms with van der Waals surface area (Å²) in [5.41, 5.74) is 0.945. The first kappa shape index (κ1) is 15.9. The molecule has 2 atom stereocenters. The van der Waals surface area contributed by atoms with E-state index in [0.717, 1.165) is 18.5 Å². The molecule has 5 heteroatoms. The fourth-order valence-electron chi connectivity index (χ4n) is 1.81. The molecule has 0 aliphatic heterocycles. The highest BCUT2D eigenvalue weighted by Gasteiger charge is 2.20. The van der Waals surface area contributed by atoms with Gasteiger partial charge in [0, 0.05) is 29.4 Å². The van der Waals surface area contributed by atoms with E-state index in [1.165, 1.54) is 7.11 Å². The number of hydrogen-bond acceptors (Lipinski definition) is 4. The molecular weight excluding hydrogens is 262 g/mol. The Kier molecular flexibility index (Phi) is 7.36. The van der Waals surface area contributed by atoms with Crippen molar-refractivity contribution in [2.75, 3.05) is 32.2 Å². The van der Waals surface area contributed by atoms with Gasteiger partial charge in [0.15, 0.2) is 0 Å². The predicted octanol–water partition coefficient (Wildman–Crippen LogP) is 1.30. The Labute approximate surface area is 117 Å². The van der Waals surface area contributed by atoms with Crippen molar-refractivity contribution >= 4 is 16.8 Å². The van der Waals surface area contributed by atoms with Crippen molar-refractivity contribution in [3.63, 3.8) is 0 Å². The summed E-state index contributed by atoms with van der Waals surface area (Å²) in [4.78, 5) is 11.8. The molecule has 0 amide bonds. The van der Waals surface area contributed by atoms with E-state index in [4.69, 9.17) is 4.74 Å². The van der Waals surface area contributed by atoms with Crippen LogP contribution in [0.3, 0.4) is 0 Å². The molecule has 0 aliphatic rings. The lowest BCUT2D eigenvalue weighted by Gasteiger charge is -2.15. The molecule has 106 valence electrons.